The van der Waals surface area contributed by atoms with Crippen molar-refractivity contribution < 1.29 is 9.59 Å². The number of amides is 2. The smallest absolute Gasteiger partial charge is 0.289 e. The summed E-state index contributed by atoms with van der Waals surface area (Å²) in [6.45, 7) is 4.75. The Balaban J connectivity index is 1.43. The summed E-state index contributed by atoms with van der Waals surface area (Å²) >= 11 is 0. The van der Waals surface area contributed by atoms with Gasteiger partial charge >= 0.3 is 0 Å². The molecule has 8 nitrogen and oxygen atoms in total. The molecular weight excluding hydrogens is 344 g/mol. The SMILES string of the molecule is Cc1cnc(C(=O)N2CCCC3(CCC(=O)N(CCc4cnc[nH]4)C3)C2)[nH]1. The molecule has 2 saturated heterocycles. The Hall–Kier alpha value is -2.64. The minimum absolute atomic E-state index is 0.00254. The van der Waals surface area contributed by atoms with Crippen molar-refractivity contribution in [1.29, 1.82) is 0 Å². The number of nitrogens with zero attached hydrogens (tertiary/aromatic N) is 4. The Morgan fingerprint density at radius 1 is 1.30 bits per heavy atom. The lowest BCUT2D eigenvalue weighted by atomic mass is 9.73. The number of aryl methyl sites for hydroxylation is 1. The van der Waals surface area contributed by atoms with Crippen LogP contribution in [-0.2, 0) is 11.2 Å². The van der Waals surface area contributed by atoms with Crippen molar-refractivity contribution in [3.63, 3.8) is 0 Å². The molecule has 2 aromatic heterocycles. The zero-order valence-electron chi connectivity index (χ0n) is 15.7. The molecule has 1 spiro atoms. The maximum Gasteiger partial charge on any atom is 0.289 e. The summed E-state index contributed by atoms with van der Waals surface area (Å²) in [7, 11) is 0. The van der Waals surface area contributed by atoms with E-state index in [1.807, 2.05) is 16.7 Å². The molecule has 4 rings (SSSR count). The highest BCUT2D eigenvalue weighted by molar-refractivity contribution is 5.90. The zero-order chi connectivity index (χ0) is 18.9. The van der Waals surface area contributed by atoms with Gasteiger partial charge in [0.2, 0.25) is 5.91 Å². The van der Waals surface area contributed by atoms with Gasteiger partial charge in [0.1, 0.15) is 0 Å². The number of likely N-dealkylation sites (tertiary alicyclic amines) is 2. The molecule has 2 amide bonds. The second kappa shape index (κ2) is 7.17. The van der Waals surface area contributed by atoms with E-state index in [-0.39, 0.29) is 17.2 Å². The molecule has 0 radical (unpaired) electrons. The summed E-state index contributed by atoms with van der Waals surface area (Å²) in [5, 5.41) is 0. The lowest BCUT2D eigenvalue weighted by Crippen LogP contribution is -2.55. The molecule has 4 heterocycles. The molecule has 0 saturated carbocycles. The first-order valence-corrected chi connectivity index (χ1v) is 9.61. The second-order valence-electron chi connectivity index (χ2n) is 7.89. The molecule has 2 aliphatic rings. The van der Waals surface area contributed by atoms with E-state index < -0.39 is 0 Å². The van der Waals surface area contributed by atoms with Gasteiger partial charge in [0, 0.05) is 68.2 Å². The number of carbonyl (C=O) groups excluding carboxylic acids is 2. The third-order valence-electron chi connectivity index (χ3n) is 5.81. The van der Waals surface area contributed by atoms with Crippen molar-refractivity contribution in [3.8, 4) is 0 Å². The van der Waals surface area contributed by atoms with E-state index in [1.165, 1.54) is 0 Å². The van der Waals surface area contributed by atoms with Crippen molar-refractivity contribution in [2.24, 2.45) is 5.41 Å². The Bertz CT molecular complexity index is 814. The monoisotopic (exact) mass is 370 g/mol. The summed E-state index contributed by atoms with van der Waals surface area (Å²) < 4.78 is 0. The molecule has 27 heavy (non-hydrogen) atoms. The molecule has 0 bridgehead atoms. The molecule has 1 unspecified atom stereocenters. The number of aromatic amines is 2. The van der Waals surface area contributed by atoms with Gasteiger partial charge in [0.25, 0.3) is 5.91 Å². The summed E-state index contributed by atoms with van der Waals surface area (Å²) in [5.41, 5.74) is 1.92. The largest absolute Gasteiger partial charge is 0.348 e. The summed E-state index contributed by atoms with van der Waals surface area (Å²) in [4.78, 5) is 43.5. The van der Waals surface area contributed by atoms with Gasteiger partial charge in [-0.15, -0.1) is 0 Å². The van der Waals surface area contributed by atoms with E-state index in [2.05, 4.69) is 19.9 Å². The minimum atomic E-state index is -0.0388. The molecule has 2 aliphatic heterocycles. The zero-order valence-corrected chi connectivity index (χ0v) is 15.7. The Morgan fingerprint density at radius 3 is 2.93 bits per heavy atom. The van der Waals surface area contributed by atoms with Gasteiger partial charge in [-0.1, -0.05) is 0 Å². The highest BCUT2D eigenvalue weighted by atomic mass is 16.2. The minimum Gasteiger partial charge on any atom is -0.348 e. The van der Waals surface area contributed by atoms with Crippen molar-refractivity contribution in [2.75, 3.05) is 26.2 Å². The van der Waals surface area contributed by atoms with Crippen LogP contribution in [0, 0.1) is 12.3 Å². The summed E-state index contributed by atoms with van der Waals surface area (Å²) in [5.74, 6) is 0.584. The number of nitrogens with one attached hydrogen (secondary N) is 2. The predicted octanol–water partition coefficient (Wildman–Crippen LogP) is 1.53. The maximum atomic E-state index is 12.8. The van der Waals surface area contributed by atoms with E-state index in [9.17, 15) is 9.59 Å². The standard InChI is InChI=1S/C19H26N6O2/c1-14-9-21-17(23-14)18(27)25-7-2-5-19(12-25)6-3-16(26)24(11-19)8-4-15-10-20-13-22-15/h9-10,13H,2-8,11-12H2,1H3,(H,20,22)(H,21,23). The Kier molecular flexibility index (Phi) is 4.72. The average Bonchev–Trinajstić information content (AvgIpc) is 3.34. The van der Waals surface area contributed by atoms with Crippen molar-refractivity contribution >= 4 is 11.8 Å². The number of hydrogen-bond donors (Lipinski definition) is 2. The maximum absolute atomic E-state index is 12.8. The first kappa shape index (κ1) is 17.8. The molecule has 2 aromatic rings. The number of H-pyrrole nitrogens is 2. The normalized spacial score (nSPS) is 23.2. The van der Waals surface area contributed by atoms with Gasteiger partial charge in [-0.2, -0.15) is 0 Å². The van der Waals surface area contributed by atoms with Crippen LogP contribution in [0.5, 0.6) is 0 Å². The molecule has 2 fully saturated rings. The van der Waals surface area contributed by atoms with Gasteiger partial charge < -0.3 is 19.8 Å². The molecule has 1 atom stereocenters. The number of imidazole rings is 2. The lowest BCUT2D eigenvalue weighted by Gasteiger charge is -2.48. The lowest BCUT2D eigenvalue weighted by molar-refractivity contribution is -0.138. The van der Waals surface area contributed by atoms with Gasteiger partial charge in [0.15, 0.2) is 5.82 Å². The van der Waals surface area contributed by atoms with Crippen LogP contribution >= 0.6 is 0 Å². The van der Waals surface area contributed by atoms with Crippen LogP contribution in [0.15, 0.2) is 18.7 Å². The van der Waals surface area contributed by atoms with E-state index in [4.69, 9.17) is 0 Å². The second-order valence-corrected chi connectivity index (χ2v) is 7.89. The van der Waals surface area contributed by atoms with Crippen LogP contribution in [0.3, 0.4) is 0 Å². The van der Waals surface area contributed by atoms with Gasteiger partial charge in [0.05, 0.1) is 6.33 Å². The van der Waals surface area contributed by atoms with Gasteiger partial charge in [-0.05, 0) is 26.2 Å². The van der Waals surface area contributed by atoms with Crippen LogP contribution < -0.4 is 0 Å². The van der Waals surface area contributed by atoms with E-state index >= 15 is 0 Å². The third kappa shape index (κ3) is 3.74. The molecule has 144 valence electrons. The van der Waals surface area contributed by atoms with E-state index in [0.717, 1.165) is 50.2 Å². The topological polar surface area (TPSA) is 98.0 Å². The highest BCUT2D eigenvalue weighted by Gasteiger charge is 2.43. The van der Waals surface area contributed by atoms with E-state index in [0.29, 0.717) is 25.3 Å². The molecule has 2 N–H and O–H groups in total. The fourth-order valence-electron chi connectivity index (χ4n) is 4.37. The number of aromatic nitrogens is 4. The predicted molar refractivity (Wildman–Crippen MR) is 99.0 cm³/mol. The Labute approximate surface area is 158 Å². The van der Waals surface area contributed by atoms with Crippen LogP contribution in [0.25, 0.3) is 0 Å². The Morgan fingerprint density at radius 2 is 2.19 bits per heavy atom. The van der Waals surface area contributed by atoms with Gasteiger partial charge in [-0.3, -0.25) is 9.59 Å². The molecular formula is C19H26N6O2. The fraction of sp³-hybridized carbons (Fsp3) is 0.579. The van der Waals surface area contributed by atoms with Crippen molar-refractivity contribution in [2.45, 2.75) is 39.0 Å². The number of carbonyl (C=O) groups is 2. The van der Waals surface area contributed by atoms with Crippen LogP contribution in [-0.4, -0.2) is 67.7 Å². The summed E-state index contributed by atoms with van der Waals surface area (Å²) in [6.07, 6.45) is 9.36. The average molecular weight is 370 g/mol. The first-order valence-electron chi connectivity index (χ1n) is 9.61. The molecule has 0 aliphatic carbocycles. The van der Waals surface area contributed by atoms with Crippen molar-refractivity contribution in [3.05, 3.63) is 35.9 Å². The highest BCUT2D eigenvalue weighted by Crippen LogP contribution is 2.39. The van der Waals surface area contributed by atoms with Crippen LogP contribution in [0.1, 0.15) is 47.7 Å². The molecule has 8 heteroatoms. The van der Waals surface area contributed by atoms with Crippen molar-refractivity contribution in [1.82, 2.24) is 29.7 Å². The number of rotatable bonds is 4. The third-order valence-corrected chi connectivity index (χ3v) is 5.81. The first-order chi connectivity index (χ1) is 13.0. The summed E-state index contributed by atoms with van der Waals surface area (Å²) in [6, 6.07) is 0. The number of piperidine rings is 2. The van der Waals surface area contributed by atoms with Crippen LogP contribution in [0.2, 0.25) is 0 Å². The van der Waals surface area contributed by atoms with Gasteiger partial charge in [-0.25, -0.2) is 9.97 Å². The quantitative estimate of drug-likeness (QED) is 0.853. The number of hydrogen-bond acceptors (Lipinski definition) is 4. The van der Waals surface area contributed by atoms with E-state index in [1.54, 1.807) is 18.7 Å². The van der Waals surface area contributed by atoms with Crippen LogP contribution in [0.4, 0.5) is 0 Å². The fourth-order valence-corrected chi connectivity index (χ4v) is 4.37. The molecule has 0 aromatic carbocycles.